The van der Waals surface area contributed by atoms with Gasteiger partial charge in [0.1, 0.15) is 11.5 Å². The fourth-order valence-corrected chi connectivity index (χ4v) is 2.49. The highest BCUT2D eigenvalue weighted by molar-refractivity contribution is 5.96. The van der Waals surface area contributed by atoms with Gasteiger partial charge in [0, 0.05) is 13.1 Å². The molecule has 116 valence electrons. The Kier molecular flexibility index (Phi) is 3.97. The number of aromatic nitrogens is 2. The number of morpholine rings is 1. The maximum atomic E-state index is 12.4. The van der Waals surface area contributed by atoms with E-state index in [0.717, 1.165) is 5.56 Å². The molecule has 1 aliphatic heterocycles. The highest BCUT2D eigenvalue weighted by Crippen LogP contribution is 2.13. The van der Waals surface area contributed by atoms with Gasteiger partial charge < -0.3 is 15.4 Å². The van der Waals surface area contributed by atoms with Crippen molar-refractivity contribution in [2.45, 2.75) is 6.54 Å². The molecule has 1 aromatic heterocycles. The standard InChI is InChI=1S/C15H18N4O3/c16-13-12(14(20)18-6-8-22-9-7-18)17-15(21)19(13)10-11-4-2-1-3-5-11/h1-5H,6-10,16H2,(H,17,21). The fourth-order valence-electron chi connectivity index (χ4n) is 2.49. The number of aromatic amines is 1. The summed E-state index contributed by atoms with van der Waals surface area (Å²) < 4.78 is 6.60. The molecule has 0 atom stereocenters. The van der Waals surface area contributed by atoms with Crippen LogP contribution in [0.5, 0.6) is 0 Å². The lowest BCUT2D eigenvalue weighted by Gasteiger charge is -2.26. The Morgan fingerprint density at radius 3 is 2.59 bits per heavy atom. The van der Waals surface area contributed by atoms with Gasteiger partial charge in [-0.2, -0.15) is 0 Å². The summed E-state index contributed by atoms with van der Waals surface area (Å²) in [6.45, 7) is 2.34. The lowest BCUT2D eigenvalue weighted by atomic mass is 10.2. The van der Waals surface area contributed by atoms with E-state index in [-0.39, 0.29) is 23.1 Å². The molecule has 7 heteroatoms. The zero-order valence-electron chi connectivity index (χ0n) is 12.1. The van der Waals surface area contributed by atoms with Crippen molar-refractivity contribution in [3.8, 4) is 0 Å². The summed E-state index contributed by atoms with van der Waals surface area (Å²) in [5.41, 5.74) is 6.74. The van der Waals surface area contributed by atoms with Gasteiger partial charge in [0.2, 0.25) is 0 Å². The van der Waals surface area contributed by atoms with E-state index in [1.54, 1.807) is 4.90 Å². The van der Waals surface area contributed by atoms with Crippen LogP contribution < -0.4 is 11.4 Å². The number of nitrogen functional groups attached to an aromatic ring is 1. The molecule has 7 nitrogen and oxygen atoms in total. The molecule has 1 saturated heterocycles. The van der Waals surface area contributed by atoms with Gasteiger partial charge in [-0.25, -0.2) is 4.79 Å². The molecule has 1 fully saturated rings. The van der Waals surface area contributed by atoms with Crippen molar-refractivity contribution in [1.29, 1.82) is 0 Å². The second-order valence-corrected chi connectivity index (χ2v) is 5.17. The Bertz CT molecular complexity index is 714. The molecule has 0 spiro atoms. The van der Waals surface area contributed by atoms with E-state index >= 15 is 0 Å². The van der Waals surface area contributed by atoms with Crippen LogP contribution >= 0.6 is 0 Å². The second kappa shape index (κ2) is 6.07. The molecular weight excluding hydrogens is 284 g/mol. The molecular formula is C15H18N4O3. The Hall–Kier alpha value is -2.54. The van der Waals surface area contributed by atoms with Gasteiger partial charge in [0.25, 0.3) is 5.91 Å². The molecule has 0 bridgehead atoms. The topological polar surface area (TPSA) is 93.3 Å². The van der Waals surface area contributed by atoms with E-state index in [4.69, 9.17) is 10.5 Å². The number of ether oxygens (including phenoxy) is 1. The Balaban J connectivity index is 1.86. The van der Waals surface area contributed by atoms with Crippen LogP contribution in [-0.2, 0) is 11.3 Å². The summed E-state index contributed by atoms with van der Waals surface area (Å²) in [7, 11) is 0. The van der Waals surface area contributed by atoms with Gasteiger partial charge in [-0.15, -0.1) is 0 Å². The van der Waals surface area contributed by atoms with Crippen LogP contribution in [0.25, 0.3) is 0 Å². The second-order valence-electron chi connectivity index (χ2n) is 5.17. The highest BCUT2D eigenvalue weighted by Gasteiger charge is 2.24. The van der Waals surface area contributed by atoms with Crippen molar-refractivity contribution >= 4 is 11.7 Å². The summed E-state index contributed by atoms with van der Waals surface area (Å²) in [6.07, 6.45) is 0. The third-order valence-electron chi connectivity index (χ3n) is 3.72. The Morgan fingerprint density at radius 1 is 1.23 bits per heavy atom. The normalized spacial score (nSPS) is 15.0. The number of imidazole rings is 1. The highest BCUT2D eigenvalue weighted by atomic mass is 16.5. The third kappa shape index (κ3) is 2.75. The average molecular weight is 302 g/mol. The molecule has 2 heterocycles. The van der Waals surface area contributed by atoms with E-state index in [2.05, 4.69) is 4.98 Å². The number of amides is 1. The summed E-state index contributed by atoms with van der Waals surface area (Å²) in [5, 5.41) is 0. The van der Waals surface area contributed by atoms with Crippen molar-refractivity contribution in [3.63, 3.8) is 0 Å². The van der Waals surface area contributed by atoms with Crippen LogP contribution in [0.3, 0.4) is 0 Å². The zero-order chi connectivity index (χ0) is 15.5. The molecule has 1 aliphatic rings. The number of hydrogen-bond acceptors (Lipinski definition) is 4. The first-order valence-corrected chi connectivity index (χ1v) is 7.16. The van der Waals surface area contributed by atoms with Crippen molar-refractivity contribution < 1.29 is 9.53 Å². The van der Waals surface area contributed by atoms with Crippen molar-refractivity contribution in [2.24, 2.45) is 0 Å². The lowest BCUT2D eigenvalue weighted by molar-refractivity contribution is 0.0300. The van der Waals surface area contributed by atoms with Crippen molar-refractivity contribution in [1.82, 2.24) is 14.5 Å². The summed E-state index contributed by atoms with van der Waals surface area (Å²) in [6, 6.07) is 9.50. The number of nitrogens with zero attached hydrogens (tertiary/aromatic N) is 2. The van der Waals surface area contributed by atoms with Crippen LogP contribution in [-0.4, -0.2) is 46.7 Å². The third-order valence-corrected chi connectivity index (χ3v) is 3.72. The minimum Gasteiger partial charge on any atom is -0.383 e. The van der Waals surface area contributed by atoms with Crippen LogP contribution in [0.2, 0.25) is 0 Å². The molecule has 3 N–H and O–H groups in total. The van der Waals surface area contributed by atoms with Crippen molar-refractivity contribution in [2.75, 3.05) is 32.0 Å². The quantitative estimate of drug-likeness (QED) is 0.851. The molecule has 22 heavy (non-hydrogen) atoms. The largest absolute Gasteiger partial charge is 0.383 e. The predicted molar refractivity (Wildman–Crippen MR) is 81.7 cm³/mol. The molecule has 0 radical (unpaired) electrons. The first-order chi connectivity index (χ1) is 10.7. The monoisotopic (exact) mass is 302 g/mol. The number of benzene rings is 1. The van der Waals surface area contributed by atoms with Gasteiger partial charge in [-0.05, 0) is 5.56 Å². The van der Waals surface area contributed by atoms with E-state index < -0.39 is 0 Å². The number of anilines is 1. The van der Waals surface area contributed by atoms with Crippen LogP contribution in [0.4, 0.5) is 5.82 Å². The number of carbonyl (C=O) groups is 1. The summed E-state index contributed by atoms with van der Waals surface area (Å²) in [5.74, 6) is -0.0879. The van der Waals surface area contributed by atoms with Crippen molar-refractivity contribution in [3.05, 3.63) is 52.1 Å². The molecule has 2 aromatic rings. The van der Waals surface area contributed by atoms with Gasteiger partial charge in [-0.1, -0.05) is 30.3 Å². The van der Waals surface area contributed by atoms with Gasteiger partial charge in [-0.3, -0.25) is 14.3 Å². The first kappa shape index (κ1) is 14.4. The maximum absolute atomic E-state index is 12.4. The molecule has 3 rings (SSSR count). The number of rotatable bonds is 3. The number of hydrogen-bond donors (Lipinski definition) is 2. The number of H-pyrrole nitrogens is 1. The average Bonchev–Trinajstić information content (AvgIpc) is 2.84. The summed E-state index contributed by atoms with van der Waals surface area (Å²) >= 11 is 0. The fraction of sp³-hybridized carbons (Fsp3) is 0.333. The Labute approximate surface area is 127 Å². The molecule has 0 saturated carbocycles. The number of nitrogens with one attached hydrogen (secondary N) is 1. The molecule has 0 unspecified atom stereocenters. The minimum absolute atomic E-state index is 0.155. The first-order valence-electron chi connectivity index (χ1n) is 7.16. The molecule has 1 amide bonds. The van der Waals surface area contributed by atoms with Crippen LogP contribution in [0.15, 0.2) is 35.1 Å². The van der Waals surface area contributed by atoms with E-state index in [0.29, 0.717) is 32.8 Å². The molecule has 0 aliphatic carbocycles. The van der Waals surface area contributed by atoms with Gasteiger partial charge in [0.15, 0.2) is 0 Å². The number of carbonyl (C=O) groups excluding carboxylic acids is 1. The smallest absolute Gasteiger partial charge is 0.328 e. The minimum atomic E-state index is -0.377. The maximum Gasteiger partial charge on any atom is 0.328 e. The Morgan fingerprint density at radius 2 is 1.91 bits per heavy atom. The lowest BCUT2D eigenvalue weighted by Crippen LogP contribution is -2.41. The summed E-state index contributed by atoms with van der Waals surface area (Å²) in [4.78, 5) is 28.7. The number of nitrogens with two attached hydrogens (primary N) is 1. The van der Waals surface area contributed by atoms with E-state index in [1.165, 1.54) is 4.57 Å². The van der Waals surface area contributed by atoms with E-state index in [9.17, 15) is 9.59 Å². The predicted octanol–water partition coefficient (Wildman–Crippen LogP) is 0.279. The SMILES string of the molecule is Nc1c(C(=O)N2CCOCC2)[nH]c(=O)n1Cc1ccccc1. The van der Waals surface area contributed by atoms with E-state index in [1.807, 2.05) is 30.3 Å². The van der Waals surface area contributed by atoms with Gasteiger partial charge in [0.05, 0.1) is 19.8 Å². The van der Waals surface area contributed by atoms with Crippen LogP contribution in [0.1, 0.15) is 16.1 Å². The zero-order valence-corrected chi connectivity index (χ0v) is 12.1. The van der Waals surface area contributed by atoms with Crippen LogP contribution in [0, 0.1) is 0 Å². The molecule has 1 aromatic carbocycles. The van der Waals surface area contributed by atoms with Gasteiger partial charge >= 0.3 is 5.69 Å².